The zero-order chi connectivity index (χ0) is 32.8. The second-order valence-electron chi connectivity index (χ2n) is 12.6. The average Bonchev–Trinajstić information content (AvgIpc) is 3.05. The van der Waals surface area contributed by atoms with Crippen LogP contribution in [0.4, 0.5) is 0 Å². The summed E-state index contributed by atoms with van der Waals surface area (Å²) in [6.07, 6.45) is 31.2. The highest BCUT2D eigenvalue weighted by atomic mass is 28.4. The molecule has 0 aliphatic rings. The number of hydrogen-bond donors (Lipinski definition) is 0. The van der Waals surface area contributed by atoms with E-state index in [0.717, 1.165) is 39.1 Å². The SMILES string of the molecule is C=C[Si](OCCOCCCCCCCCCC)(OCCOCCCCCCCCCC)OCCOCCCCCCCCCC. The largest absolute Gasteiger partial charge is 0.529 e. The maximum absolute atomic E-state index is 6.20. The summed E-state index contributed by atoms with van der Waals surface area (Å²) in [5.74, 6) is 0. The van der Waals surface area contributed by atoms with Gasteiger partial charge in [0.25, 0.3) is 0 Å². The van der Waals surface area contributed by atoms with Crippen LogP contribution >= 0.6 is 0 Å². The van der Waals surface area contributed by atoms with Crippen LogP contribution in [-0.2, 0) is 27.5 Å². The maximum atomic E-state index is 6.20. The molecule has 0 aliphatic heterocycles. The van der Waals surface area contributed by atoms with E-state index >= 15 is 0 Å². The molecule has 0 unspecified atom stereocenters. The van der Waals surface area contributed by atoms with Crippen molar-refractivity contribution in [1.29, 1.82) is 0 Å². The Balaban J connectivity index is 4.22. The second-order valence-corrected chi connectivity index (χ2v) is 15.1. The lowest BCUT2D eigenvalue weighted by molar-refractivity contribution is 0.00685. The van der Waals surface area contributed by atoms with Crippen LogP contribution in [0, 0.1) is 0 Å². The Morgan fingerprint density at radius 3 is 0.822 bits per heavy atom. The van der Waals surface area contributed by atoms with Crippen LogP contribution in [-0.4, -0.2) is 68.3 Å². The van der Waals surface area contributed by atoms with E-state index in [2.05, 4.69) is 27.4 Å². The predicted octanol–water partition coefficient (Wildman–Crippen LogP) is 11.2. The molecular formula is C38H78O6Si. The van der Waals surface area contributed by atoms with Gasteiger partial charge in [-0.05, 0) is 25.0 Å². The van der Waals surface area contributed by atoms with Gasteiger partial charge in [-0.3, -0.25) is 0 Å². The minimum absolute atomic E-state index is 0.438. The Bertz CT molecular complexity index is 495. The van der Waals surface area contributed by atoms with E-state index in [1.165, 1.54) is 135 Å². The zero-order valence-corrected chi connectivity index (χ0v) is 31.6. The molecule has 0 heterocycles. The molecule has 0 fully saturated rings. The van der Waals surface area contributed by atoms with Crippen molar-refractivity contribution in [2.45, 2.75) is 175 Å². The first-order chi connectivity index (χ1) is 22.2. The fourth-order valence-corrected chi connectivity index (χ4v) is 7.06. The molecule has 0 N–H and O–H groups in total. The van der Waals surface area contributed by atoms with Gasteiger partial charge >= 0.3 is 8.80 Å². The highest BCUT2D eigenvalue weighted by Gasteiger charge is 2.38. The zero-order valence-electron chi connectivity index (χ0n) is 30.6. The molecular weight excluding hydrogens is 580 g/mol. The van der Waals surface area contributed by atoms with Gasteiger partial charge in [-0.1, -0.05) is 162 Å². The molecule has 0 bridgehead atoms. The van der Waals surface area contributed by atoms with Crippen LogP contribution in [0.25, 0.3) is 0 Å². The van der Waals surface area contributed by atoms with Crippen molar-refractivity contribution in [2.24, 2.45) is 0 Å². The maximum Gasteiger partial charge on any atom is 0.529 e. The summed E-state index contributed by atoms with van der Waals surface area (Å²) >= 11 is 0. The van der Waals surface area contributed by atoms with Gasteiger partial charge < -0.3 is 27.5 Å². The van der Waals surface area contributed by atoms with Gasteiger partial charge in [-0.15, -0.1) is 0 Å². The highest BCUT2D eigenvalue weighted by molar-refractivity contribution is 6.66. The summed E-state index contributed by atoms with van der Waals surface area (Å²) in [4.78, 5) is 0. The van der Waals surface area contributed by atoms with Crippen LogP contribution in [0.2, 0.25) is 0 Å². The fraction of sp³-hybridized carbons (Fsp3) is 0.947. The summed E-state index contributed by atoms with van der Waals surface area (Å²) in [5, 5.41) is 0. The quantitative estimate of drug-likeness (QED) is 0.0482. The first-order valence-electron chi connectivity index (χ1n) is 19.5. The third-order valence-corrected chi connectivity index (χ3v) is 10.6. The third kappa shape index (κ3) is 33.4. The minimum Gasteiger partial charge on any atom is -0.379 e. The molecule has 0 aromatic rings. The standard InChI is InChI=1S/C38H78O6Si/c1-5-9-12-15-18-21-24-27-30-39-33-36-42-45(8-4,43-37-34-40-31-28-25-22-19-16-13-10-6-2)44-38-35-41-32-29-26-23-20-17-14-11-7-3/h8H,4-7,9-38H2,1-3H3. The van der Waals surface area contributed by atoms with E-state index in [-0.39, 0.29) is 0 Å². The van der Waals surface area contributed by atoms with E-state index in [9.17, 15) is 0 Å². The molecule has 0 amide bonds. The molecule has 0 spiro atoms. The molecule has 0 aromatic carbocycles. The topological polar surface area (TPSA) is 55.4 Å². The summed E-state index contributed by atoms with van der Waals surface area (Å²) < 4.78 is 36.2. The van der Waals surface area contributed by atoms with E-state index in [4.69, 9.17) is 27.5 Å². The normalized spacial score (nSPS) is 11.9. The summed E-state index contributed by atoms with van der Waals surface area (Å²) in [6.45, 7) is 16.1. The predicted molar refractivity (Wildman–Crippen MR) is 194 cm³/mol. The van der Waals surface area contributed by atoms with Gasteiger partial charge in [0, 0.05) is 19.8 Å². The lowest BCUT2D eigenvalue weighted by Crippen LogP contribution is -2.46. The molecule has 0 radical (unpaired) electrons. The smallest absolute Gasteiger partial charge is 0.379 e. The van der Waals surface area contributed by atoms with Gasteiger partial charge in [0.15, 0.2) is 0 Å². The Morgan fingerprint density at radius 1 is 0.333 bits per heavy atom. The van der Waals surface area contributed by atoms with Gasteiger partial charge in [0.1, 0.15) is 0 Å². The monoisotopic (exact) mass is 659 g/mol. The Hall–Kier alpha value is -0.283. The molecule has 0 rings (SSSR count). The summed E-state index contributed by atoms with van der Waals surface area (Å²) in [6, 6.07) is 0. The van der Waals surface area contributed by atoms with E-state index in [1.807, 2.05) is 0 Å². The second kappa shape index (κ2) is 38.2. The first-order valence-corrected chi connectivity index (χ1v) is 21.3. The first kappa shape index (κ1) is 44.7. The van der Waals surface area contributed by atoms with Crippen LogP contribution < -0.4 is 0 Å². The molecule has 45 heavy (non-hydrogen) atoms. The van der Waals surface area contributed by atoms with Crippen molar-refractivity contribution in [1.82, 2.24) is 0 Å². The van der Waals surface area contributed by atoms with Crippen LogP contribution in [0.15, 0.2) is 12.3 Å². The van der Waals surface area contributed by atoms with Crippen LogP contribution in [0.3, 0.4) is 0 Å². The van der Waals surface area contributed by atoms with Gasteiger partial charge in [-0.2, -0.15) is 0 Å². The Labute approximate surface area is 282 Å². The van der Waals surface area contributed by atoms with Crippen molar-refractivity contribution in [3.8, 4) is 0 Å². The molecule has 0 aromatic heterocycles. The number of unbranched alkanes of at least 4 members (excludes halogenated alkanes) is 21. The van der Waals surface area contributed by atoms with E-state index < -0.39 is 8.80 Å². The third-order valence-electron chi connectivity index (χ3n) is 8.27. The molecule has 0 atom stereocenters. The van der Waals surface area contributed by atoms with Gasteiger partial charge in [-0.25, -0.2) is 0 Å². The minimum atomic E-state index is -3.04. The fourth-order valence-electron chi connectivity index (χ4n) is 5.35. The number of hydrogen-bond acceptors (Lipinski definition) is 6. The molecule has 7 heteroatoms. The molecule has 0 saturated carbocycles. The number of rotatable bonds is 40. The van der Waals surface area contributed by atoms with E-state index in [1.54, 1.807) is 5.70 Å². The van der Waals surface area contributed by atoms with Crippen LogP contribution in [0.1, 0.15) is 175 Å². The van der Waals surface area contributed by atoms with Crippen molar-refractivity contribution >= 4 is 8.80 Å². The summed E-state index contributed by atoms with van der Waals surface area (Å²) in [7, 11) is -3.04. The number of ether oxygens (including phenoxy) is 3. The van der Waals surface area contributed by atoms with Crippen molar-refractivity contribution < 1.29 is 27.5 Å². The molecule has 6 nitrogen and oxygen atoms in total. The van der Waals surface area contributed by atoms with Gasteiger partial charge in [0.2, 0.25) is 0 Å². The summed E-state index contributed by atoms with van der Waals surface area (Å²) in [5.41, 5.74) is 1.74. The lowest BCUT2D eigenvalue weighted by atomic mass is 10.1. The molecule has 270 valence electrons. The Morgan fingerprint density at radius 2 is 0.578 bits per heavy atom. The lowest BCUT2D eigenvalue weighted by Gasteiger charge is -2.26. The highest BCUT2D eigenvalue weighted by Crippen LogP contribution is 2.13. The van der Waals surface area contributed by atoms with Crippen molar-refractivity contribution in [3.63, 3.8) is 0 Å². The Kier molecular flexibility index (Phi) is 37.9. The van der Waals surface area contributed by atoms with E-state index in [0.29, 0.717) is 39.6 Å². The van der Waals surface area contributed by atoms with Crippen LogP contribution in [0.5, 0.6) is 0 Å². The van der Waals surface area contributed by atoms with Gasteiger partial charge in [0.05, 0.1) is 39.6 Å². The van der Waals surface area contributed by atoms with Crippen molar-refractivity contribution in [2.75, 3.05) is 59.5 Å². The molecule has 0 saturated heterocycles. The van der Waals surface area contributed by atoms with Crippen molar-refractivity contribution in [3.05, 3.63) is 12.3 Å². The molecule has 0 aliphatic carbocycles. The average molecular weight is 659 g/mol.